The molecule has 0 radical (unpaired) electrons. The lowest BCUT2D eigenvalue weighted by Crippen LogP contribution is -2.43. The van der Waals surface area contributed by atoms with Crippen molar-refractivity contribution in [2.45, 2.75) is 57.2 Å². The van der Waals surface area contributed by atoms with Gasteiger partial charge in [0.2, 0.25) is 5.91 Å². The minimum Gasteiger partial charge on any atom is -0.348 e. The maximum absolute atomic E-state index is 12.4. The summed E-state index contributed by atoms with van der Waals surface area (Å²) in [4.78, 5) is 12.4. The first-order valence-corrected chi connectivity index (χ1v) is 7.68. The quantitative estimate of drug-likeness (QED) is 0.897. The van der Waals surface area contributed by atoms with E-state index in [-0.39, 0.29) is 30.4 Å². The van der Waals surface area contributed by atoms with Crippen molar-refractivity contribution in [3.05, 3.63) is 18.0 Å². The molecule has 4 unspecified atom stereocenters. The van der Waals surface area contributed by atoms with Gasteiger partial charge in [0, 0.05) is 24.8 Å². The van der Waals surface area contributed by atoms with Crippen LogP contribution in [-0.4, -0.2) is 27.8 Å². The first-order chi connectivity index (χ1) is 9.63. The van der Waals surface area contributed by atoms with Crippen molar-refractivity contribution in [2.75, 3.05) is 0 Å². The molecule has 0 spiro atoms. The van der Waals surface area contributed by atoms with E-state index in [0.717, 1.165) is 12.0 Å². The number of aromatic nitrogens is 2. The van der Waals surface area contributed by atoms with Gasteiger partial charge in [0.1, 0.15) is 0 Å². The highest BCUT2D eigenvalue weighted by molar-refractivity contribution is 5.85. The third kappa shape index (κ3) is 3.58. The Morgan fingerprint density at radius 2 is 2.24 bits per heavy atom. The van der Waals surface area contributed by atoms with E-state index in [2.05, 4.69) is 15.7 Å². The monoisotopic (exact) mass is 312 g/mol. The number of rotatable bonds is 3. The molecule has 1 aromatic heterocycles. The number of carbonyl (C=O) groups is 1. The minimum atomic E-state index is -0.0118. The average Bonchev–Trinajstić information content (AvgIpc) is 3.04. The van der Waals surface area contributed by atoms with Crippen LogP contribution in [0.4, 0.5) is 0 Å². The first-order valence-electron chi connectivity index (χ1n) is 7.68. The summed E-state index contributed by atoms with van der Waals surface area (Å²) in [5.41, 5.74) is 1.05. The summed E-state index contributed by atoms with van der Waals surface area (Å²) in [6.45, 7) is 2.01. The molecule has 2 heterocycles. The van der Waals surface area contributed by atoms with E-state index in [9.17, 15) is 4.79 Å². The molecule has 1 aliphatic carbocycles. The third-order valence-electron chi connectivity index (χ3n) is 4.76. The lowest BCUT2D eigenvalue weighted by Gasteiger charge is -2.24. The molecule has 2 fully saturated rings. The molecule has 0 aromatic carbocycles. The normalized spacial score (nSPS) is 29.3. The number of aryl methyl sites for hydroxylation is 1. The van der Waals surface area contributed by atoms with Crippen LogP contribution >= 0.6 is 12.4 Å². The highest BCUT2D eigenvalue weighted by Crippen LogP contribution is 2.33. The Labute approximate surface area is 132 Å². The molecule has 1 aliphatic heterocycles. The van der Waals surface area contributed by atoms with E-state index in [1.807, 2.05) is 26.4 Å². The van der Waals surface area contributed by atoms with Crippen LogP contribution in [0.3, 0.4) is 0 Å². The van der Waals surface area contributed by atoms with Gasteiger partial charge in [-0.25, -0.2) is 0 Å². The van der Waals surface area contributed by atoms with Gasteiger partial charge in [-0.1, -0.05) is 12.8 Å². The number of hydrogen-bond donors (Lipinski definition) is 2. The minimum absolute atomic E-state index is 0. The molecule has 2 aliphatic rings. The molecule has 5 nitrogen and oxygen atoms in total. The van der Waals surface area contributed by atoms with E-state index >= 15 is 0 Å². The van der Waals surface area contributed by atoms with Crippen LogP contribution in [-0.2, 0) is 11.8 Å². The molecule has 2 N–H and O–H groups in total. The average molecular weight is 313 g/mol. The molecule has 21 heavy (non-hydrogen) atoms. The second-order valence-electron chi connectivity index (χ2n) is 6.28. The number of carbonyl (C=O) groups excluding carboxylic acids is 1. The summed E-state index contributed by atoms with van der Waals surface area (Å²) in [7, 11) is 1.89. The van der Waals surface area contributed by atoms with Crippen molar-refractivity contribution < 1.29 is 4.79 Å². The van der Waals surface area contributed by atoms with Crippen LogP contribution in [0.25, 0.3) is 0 Å². The predicted octanol–water partition coefficient (Wildman–Crippen LogP) is 1.94. The Balaban J connectivity index is 0.00000161. The summed E-state index contributed by atoms with van der Waals surface area (Å²) in [5, 5.41) is 10.8. The largest absolute Gasteiger partial charge is 0.348 e. The molecular weight excluding hydrogens is 288 g/mol. The smallest absolute Gasteiger partial charge is 0.237 e. The van der Waals surface area contributed by atoms with Gasteiger partial charge in [-0.3, -0.25) is 9.48 Å². The fourth-order valence-electron chi connectivity index (χ4n) is 3.58. The highest BCUT2D eigenvalue weighted by atomic mass is 35.5. The van der Waals surface area contributed by atoms with Gasteiger partial charge in [0.15, 0.2) is 0 Å². The van der Waals surface area contributed by atoms with Crippen LogP contribution in [0.1, 0.15) is 50.6 Å². The van der Waals surface area contributed by atoms with E-state index in [1.54, 1.807) is 4.68 Å². The Morgan fingerprint density at radius 1 is 1.48 bits per heavy atom. The van der Waals surface area contributed by atoms with Gasteiger partial charge in [-0.2, -0.15) is 5.10 Å². The zero-order valence-corrected chi connectivity index (χ0v) is 13.5. The van der Waals surface area contributed by atoms with Crippen LogP contribution in [0.5, 0.6) is 0 Å². The van der Waals surface area contributed by atoms with Gasteiger partial charge in [-0.05, 0) is 32.1 Å². The van der Waals surface area contributed by atoms with Crippen molar-refractivity contribution >= 4 is 18.3 Å². The highest BCUT2D eigenvalue weighted by Gasteiger charge is 2.38. The Bertz CT molecular complexity index is 476. The van der Waals surface area contributed by atoms with Crippen LogP contribution in [0.15, 0.2) is 12.4 Å². The molecule has 3 rings (SSSR count). The standard InChI is InChI=1S/C15H24N4O.ClH/c1-10(12-8-16-19(2)9-12)17-15(20)14-7-11-5-3-4-6-13(11)18-14;/h8-11,13-14,18H,3-7H2,1-2H3,(H,17,20);1H. The summed E-state index contributed by atoms with van der Waals surface area (Å²) >= 11 is 0. The van der Waals surface area contributed by atoms with E-state index in [1.165, 1.54) is 25.7 Å². The lowest BCUT2D eigenvalue weighted by molar-refractivity contribution is -0.123. The SMILES string of the molecule is CC(NC(=O)C1CC2CCCCC2N1)c1cnn(C)c1.Cl. The molecule has 1 saturated carbocycles. The zero-order chi connectivity index (χ0) is 14.1. The van der Waals surface area contributed by atoms with Gasteiger partial charge in [-0.15, -0.1) is 12.4 Å². The summed E-state index contributed by atoms with van der Waals surface area (Å²) < 4.78 is 1.76. The molecule has 0 bridgehead atoms. The van der Waals surface area contributed by atoms with E-state index < -0.39 is 0 Å². The molecule has 1 aromatic rings. The van der Waals surface area contributed by atoms with Crippen molar-refractivity contribution in [1.29, 1.82) is 0 Å². The molecule has 1 saturated heterocycles. The van der Waals surface area contributed by atoms with Crippen molar-refractivity contribution in [3.8, 4) is 0 Å². The number of amides is 1. The second kappa shape index (κ2) is 6.79. The van der Waals surface area contributed by atoms with Crippen LogP contribution in [0, 0.1) is 5.92 Å². The molecule has 118 valence electrons. The number of fused-ring (bicyclic) bond motifs is 1. The van der Waals surface area contributed by atoms with Crippen LogP contribution in [0.2, 0.25) is 0 Å². The van der Waals surface area contributed by atoms with Crippen molar-refractivity contribution in [1.82, 2.24) is 20.4 Å². The Hall–Kier alpha value is -1.07. The fourth-order valence-corrected chi connectivity index (χ4v) is 3.58. The molecular formula is C15H25ClN4O. The van der Waals surface area contributed by atoms with Crippen molar-refractivity contribution in [3.63, 3.8) is 0 Å². The summed E-state index contributed by atoms with van der Waals surface area (Å²) in [6, 6.07) is 0.566. The summed E-state index contributed by atoms with van der Waals surface area (Å²) in [5.74, 6) is 0.837. The van der Waals surface area contributed by atoms with Gasteiger partial charge >= 0.3 is 0 Å². The van der Waals surface area contributed by atoms with Crippen molar-refractivity contribution in [2.24, 2.45) is 13.0 Å². The summed E-state index contributed by atoms with van der Waals surface area (Å²) in [6.07, 6.45) is 9.89. The van der Waals surface area contributed by atoms with E-state index in [4.69, 9.17) is 0 Å². The number of halogens is 1. The van der Waals surface area contributed by atoms with Gasteiger partial charge in [0.25, 0.3) is 0 Å². The van der Waals surface area contributed by atoms with E-state index in [0.29, 0.717) is 12.0 Å². The number of nitrogens with zero attached hydrogens (tertiary/aromatic N) is 2. The topological polar surface area (TPSA) is 59.0 Å². The van der Waals surface area contributed by atoms with Gasteiger partial charge in [0.05, 0.1) is 18.3 Å². The molecule has 1 amide bonds. The maximum atomic E-state index is 12.4. The zero-order valence-electron chi connectivity index (χ0n) is 12.7. The maximum Gasteiger partial charge on any atom is 0.237 e. The van der Waals surface area contributed by atoms with Crippen LogP contribution < -0.4 is 10.6 Å². The lowest BCUT2D eigenvalue weighted by atomic mass is 9.85. The second-order valence-corrected chi connectivity index (χ2v) is 6.28. The Morgan fingerprint density at radius 3 is 2.90 bits per heavy atom. The Kier molecular flexibility index (Phi) is 5.27. The predicted molar refractivity (Wildman–Crippen MR) is 84.3 cm³/mol. The fraction of sp³-hybridized carbons (Fsp3) is 0.733. The number of nitrogens with one attached hydrogen (secondary N) is 2. The molecule has 6 heteroatoms. The molecule has 4 atom stereocenters. The third-order valence-corrected chi connectivity index (χ3v) is 4.76. The number of hydrogen-bond acceptors (Lipinski definition) is 3. The first kappa shape index (κ1) is 16.3. The van der Waals surface area contributed by atoms with Gasteiger partial charge < -0.3 is 10.6 Å².